The van der Waals surface area contributed by atoms with Gasteiger partial charge in [-0.15, -0.1) is 0 Å². The van der Waals surface area contributed by atoms with Crippen molar-refractivity contribution >= 4 is 17.7 Å². The van der Waals surface area contributed by atoms with Crippen molar-refractivity contribution < 1.29 is 22.7 Å². The molecule has 1 fully saturated rings. The number of amides is 1. The van der Waals surface area contributed by atoms with Crippen LogP contribution < -0.4 is 15.5 Å². The number of nitrogens with zero attached hydrogens (tertiary/aromatic N) is 3. The predicted octanol–water partition coefficient (Wildman–Crippen LogP) is 3.84. The number of halogens is 3. The molecule has 0 spiro atoms. The van der Waals surface area contributed by atoms with Gasteiger partial charge in [-0.25, -0.2) is 27.9 Å². The van der Waals surface area contributed by atoms with Crippen molar-refractivity contribution in [3.05, 3.63) is 35.5 Å². The van der Waals surface area contributed by atoms with E-state index in [2.05, 4.69) is 20.6 Å². The number of cyclic esters (lactones) is 1. The van der Waals surface area contributed by atoms with E-state index in [-0.39, 0.29) is 17.8 Å². The van der Waals surface area contributed by atoms with Crippen molar-refractivity contribution in [1.82, 2.24) is 15.3 Å². The van der Waals surface area contributed by atoms with Crippen LogP contribution in [0.4, 0.5) is 29.6 Å². The van der Waals surface area contributed by atoms with Crippen LogP contribution >= 0.6 is 0 Å². The maximum absolute atomic E-state index is 14.6. The van der Waals surface area contributed by atoms with E-state index in [1.807, 2.05) is 4.90 Å². The fraction of sp³-hybridized carbons (Fsp3) is 0.450. The summed E-state index contributed by atoms with van der Waals surface area (Å²) < 4.78 is 46.8. The minimum atomic E-state index is -2.95. The van der Waals surface area contributed by atoms with Crippen molar-refractivity contribution in [1.29, 1.82) is 0 Å². The van der Waals surface area contributed by atoms with E-state index < -0.39 is 24.8 Å². The lowest BCUT2D eigenvalue weighted by atomic mass is 9.97. The molecule has 4 rings (SSSR count). The number of hydrogen-bond acceptors (Lipinski definition) is 6. The number of rotatable bonds is 5. The monoisotopic (exact) mass is 421 g/mol. The molecule has 2 atom stereocenters. The van der Waals surface area contributed by atoms with E-state index in [1.165, 1.54) is 12.3 Å². The molecule has 0 aromatic carbocycles. The number of ether oxygens (including phenoxy) is 1. The number of carbonyl (C=O) groups is 1. The van der Waals surface area contributed by atoms with Crippen LogP contribution in [-0.2, 0) is 4.74 Å². The fourth-order valence-electron chi connectivity index (χ4n) is 3.71. The summed E-state index contributed by atoms with van der Waals surface area (Å²) in [5.74, 6) is 0.581. The Balaban J connectivity index is 1.86. The number of piperazine rings is 1. The number of alkyl halides is 3. The summed E-state index contributed by atoms with van der Waals surface area (Å²) >= 11 is 0. The molecule has 4 heterocycles. The lowest BCUT2D eigenvalue weighted by Gasteiger charge is -2.30. The summed E-state index contributed by atoms with van der Waals surface area (Å²) in [4.78, 5) is 22.3. The number of nitrogens with one attached hydrogen (secondary N) is 2. The largest absolute Gasteiger partial charge is 0.435 e. The third kappa shape index (κ3) is 3.91. The van der Waals surface area contributed by atoms with Gasteiger partial charge in [0.1, 0.15) is 17.8 Å². The molecule has 7 nitrogen and oxygen atoms in total. The standard InChI is InChI=1S/C20H22F3N5O2/c1-2-13(21)11-9-14(26-15(10-11)28-7-5-24-6-8-28)12-3-4-25-19-16(12)17(18(22)23)30-20(29)27-19/h3-4,9-10,13,17-18,24H,2,5-8H2,1H3,(H,25,27,29). The minimum Gasteiger partial charge on any atom is -0.435 e. The molecular formula is C20H22F3N5O2. The fourth-order valence-corrected chi connectivity index (χ4v) is 3.71. The first-order valence-electron chi connectivity index (χ1n) is 9.84. The summed E-state index contributed by atoms with van der Waals surface area (Å²) in [6.45, 7) is 4.68. The molecule has 0 bridgehead atoms. The van der Waals surface area contributed by atoms with Crippen LogP contribution in [0.3, 0.4) is 0 Å². The first kappa shape index (κ1) is 20.4. The molecule has 0 radical (unpaired) electrons. The van der Waals surface area contributed by atoms with E-state index in [1.54, 1.807) is 19.1 Å². The number of hydrogen-bond donors (Lipinski definition) is 2. The highest BCUT2D eigenvalue weighted by molar-refractivity contribution is 5.89. The minimum absolute atomic E-state index is 0.00253. The zero-order valence-electron chi connectivity index (χ0n) is 16.4. The van der Waals surface area contributed by atoms with Crippen molar-refractivity contribution in [3.63, 3.8) is 0 Å². The molecule has 0 aliphatic carbocycles. The summed E-state index contributed by atoms with van der Waals surface area (Å²) in [6.07, 6.45) is -5.26. The molecule has 0 saturated carbocycles. The maximum atomic E-state index is 14.6. The number of carbonyl (C=O) groups excluding carboxylic acids is 1. The van der Waals surface area contributed by atoms with Gasteiger partial charge in [0.15, 0.2) is 6.10 Å². The summed E-state index contributed by atoms with van der Waals surface area (Å²) in [7, 11) is 0. The second kappa shape index (κ2) is 8.47. The van der Waals surface area contributed by atoms with Crippen LogP contribution in [0.25, 0.3) is 11.3 Å². The van der Waals surface area contributed by atoms with E-state index in [0.29, 0.717) is 35.7 Å². The van der Waals surface area contributed by atoms with Crippen LogP contribution in [0.5, 0.6) is 0 Å². The average molecular weight is 421 g/mol. The van der Waals surface area contributed by atoms with Crippen molar-refractivity contribution in [2.45, 2.75) is 32.0 Å². The van der Waals surface area contributed by atoms with Gasteiger partial charge < -0.3 is 15.0 Å². The molecule has 2 aromatic rings. The zero-order chi connectivity index (χ0) is 21.3. The van der Waals surface area contributed by atoms with E-state index in [4.69, 9.17) is 4.74 Å². The van der Waals surface area contributed by atoms with Gasteiger partial charge in [0, 0.05) is 37.9 Å². The second-order valence-electron chi connectivity index (χ2n) is 7.16. The Kier molecular flexibility index (Phi) is 5.76. The second-order valence-corrected chi connectivity index (χ2v) is 7.16. The molecule has 2 aromatic heterocycles. The van der Waals surface area contributed by atoms with Crippen molar-refractivity contribution in [2.24, 2.45) is 0 Å². The highest BCUT2D eigenvalue weighted by Crippen LogP contribution is 2.41. The Morgan fingerprint density at radius 3 is 2.73 bits per heavy atom. The highest BCUT2D eigenvalue weighted by Gasteiger charge is 2.37. The number of aromatic nitrogens is 2. The van der Waals surface area contributed by atoms with Gasteiger partial charge in [0.05, 0.1) is 11.3 Å². The van der Waals surface area contributed by atoms with Gasteiger partial charge in [0.2, 0.25) is 0 Å². The smallest absolute Gasteiger partial charge is 0.413 e. The number of fused-ring (bicyclic) bond motifs is 1. The van der Waals surface area contributed by atoms with Gasteiger partial charge in [-0.05, 0) is 30.2 Å². The molecule has 2 unspecified atom stereocenters. The average Bonchev–Trinajstić information content (AvgIpc) is 2.77. The third-order valence-corrected chi connectivity index (χ3v) is 5.23. The van der Waals surface area contributed by atoms with Gasteiger partial charge in [-0.3, -0.25) is 5.32 Å². The Bertz CT molecular complexity index is 937. The van der Waals surface area contributed by atoms with Gasteiger partial charge >= 0.3 is 6.09 Å². The summed E-state index contributed by atoms with van der Waals surface area (Å²) in [5, 5.41) is 5.61. The SMILES string of the molecule is CCC(F)c1cc(-c2ccnc3c2C(C(F)F)OC(=O)N3)nc(N2CCNCC2)c1. The Labute approximate surface area is 171 Å². The molecule has 2 aliphatic rings. The normalized spacial score (nSPS) is 19.8. The van der Waals surface area contributed by atoms with Crippen molar-refractivity contribution in [2.75, 3.05) is 36.4 Å². The Morgan fingerprint density at radius 2 is 2.03 bits per heavy atom. The maximum Gasteiger partial charge on any atom is 0.413 e. The molecule has 10 heteroatoms. The van der Waals surface area contributed by atoms with Crippen LogP contribution in [0.1, 0.15) is 36.7 Å². The molecule has 2 N–H and O–H groups in total. The molecular weight excluding hydrogens is 399 g/mol. The van der Waals surface area contributed by atoms with Gasteiger partial charge in [-0.1, -0.05) is 6.92 Å². The van der Waals surface area contributed by atoms with Gasteiger partial charge in [-0.2, -0.15) is 0 Å². The molecule has 160 valence electrons. The van der Waals surface area contributed by atoms with Gasteiger partial charge in [0.25, 0.3) is 6.43 Å². The molecule has 30 heavy (non-hydrogen) atoms. The molecule has 2 aliphatic heterocycles. The molecule has 1 amide bonds. The van der Waals surface area contributed by atoms with E-state index in [9.17, 15) is 18.0 Å². The van der Waals surface area contributed by atoms with Crippen LogP contribution in [0.2, 0.25) is 0 Å². The van der Waals surface area contributed by atoms with Crippen LogP contribution in [-0.4, -0.2) is 48.7 Å². The van der Waals surface area contributed by atoms with Crippen LogP contribution in [0, 0.1) is 0 Å². The number of pyridine rings is 2. The Hall–Kier alpha value is -2.88. The highest BCUT2D eigenvalue weighted by atomic mass is 19.3. The van der Waals surface area contributed by atoms with Crippen LogP contribution in [0.15, 0.2) is 24.4 Å². The topological polar surface area (TPSA) is 79.4 Å². The first-order chi connectivity index (χ1) is 14.5. The summed E-state index contributed by atoms with van der Waals surface area (Å²) in [6, 6.07) is 4.80. The van der Waals surface area contributed by atoms with E-state index in [0.717, 1.165) is 13.1 Å². The zero-order valence-corrected chi connectivity index (χ0v) is 16.4. The molecule has 1 saturated heterocycles. The number of anilines is 2. The van der Waals surface area contributed by atoms with Crippen molar-refractivity contribution in [3.8, 4) is 11.3 Å². The predicted molar refractivity (Wildman–Crippen MR) is 106 cm³/mol. The third-order valence-electron chi connectivity index (χ3n) is 5.23. The first-order valence-corrected chi connectivity index (χ1v) is 9.84. The van der Waals surface area contributed by atoms with E-state index >= 15 is 0 Å². The quantitative estimate of drug-likeness (QED) is 0.764. The Morgan fingerprint density at radius 1 is 1.27 bits per heavy atom. The lowest BCUT2D eigenvalue weighted by Crippen LogP contribution is -2.44. The summed E-state index contributed by atoms with van der Waals surface area (Å²) in [5.41, 5.74) is 1.12. The lowest BCUT2D eigenvalue weighted by molar-refractivity contribution is -0.0168.